The Morgan fingerprint density at radius 3 is 2.39 bits per heavy atom. The van der Waals surface area contributed by atoms with Crippen LogP contribution in [0.4, 0.5) is 0 Å². The van der Waals surface area contributed by atoms with Crippen molar-refractivity contribution in [3.63, 3.8) is 0 Å². The van der Waals surface area contributed by atoms with E-state index >= 15 is 0 Å². The second-order valence-electron chi connectivity index (χ2n) is 6.65. The molecule has 5 nitrogen and oxygen atoms in total. The van der Waals surface area contributed by atoms with Gasteiger partial charge in [-0.25, -0.2) is 8.42 Å². The van der Waals surface area contributed by atoms with Crippen molar-refractivity contribution in [2.75, 3.05) is 13.7 Å². The van der Waals surface area contributed by atoms with Crippen molar-refractivity contribution in [1.82, 2.24) is 4.31 Å². The zero-order valence-electron chi connectivity index (χ0n) is 14.2. The van der Waals surface area contributed by atoms with Gasteiger partial charge in [0.25, 0.3) is 0 Å². The van der Waals surface area contributed by atoms with Crippen LogP contribution in [0.25, 0.3) is 0 Å². The van der Waals surface area contributed by atoms with Gasteiger partial charge in [-0.3, -0.25) is 4.79 Å². The molecule has 1 unspecified atom stereocenters. The highest BCUT2D eigenvalue weighted by Crippen LogP contribution is 2.36. The number of nitrogens with zero attached hydrogens (tertiary/aromatic N) is 1. The third-order valence-electron chi connectivity index (χ3n) is 4.63. The molecule has 2 rings (SSSR count). The Kier molecular flexibility index (Phi) is 5.16. The van der Waals surface area contributed by atoms with E-state index in [4.69, 9.17) is 4.74 Å². The minimum Gasteiger partial charge on any atom is -0.469 e. The molecule has 0 amide bonds. The molecular formula is C17H25NO4S. The summed E-state index contributed by atoms with van der Waals surface area (Å²) >= 11 is 0. The van der Waals surface area contributed by atoms with E-state index in [9.17, 15) is 13.2 Å². The molecule has 1 fully saturated rings. The Hall–Kier alpha value is -1.40. The molecule has 23 heavy (non-hydrogen) atoms. The number of aryl methyl sites for hydroxylation is 1. The lowest BCUT2D eigenvalue weighted by Crippen LogP contribution is -2.53. The lowest BCUT2D eigenvalue weighted by atomic mass is 9.80. The molecule has 0 aliphatic carbocycles. The number of sulfonamides is 1. The fourth-order valence-corrected chi connectivity index (χ4v) is 4.98. The van der Waals surface area contributed by atoms with Gasteiger partial charge in [0.15, 0.2) is 0 Å². The van der Waals surface area contributed by atoms with Crippen LogP contribution in [-0.4, -0.2) is 38.4 Å². The number of ether oxygens (including phenoxy) is 1. The number of rotatable bonds is 4. The molecule has 0 spiro atoms. The maximum atomic E-state index is 13.0. The molecule has 1 aliphatic rings. The summed E-state index contributed by atoms with van der Waals surface area (Å²) in [7, 11) is -2.29. The number of hydrogen-bond acceptors (Lipinski definition) is 4. The fourth-order valence-electron chi connectivity index (χ4n) is 3.16. The van der Waals surface area contributed by atoms with Crippen LogP contribution in [0.1, 0.15) is 38.7 Å². The van der Waals surface area contributed by atoms with Gasteiger partial charge < -0.3 is 4.74 Å². The highest BCUT2D eigenvalue weighted by molar-refractivity contribution is 7.89. The van der Waals surface area contributed by atoms with Crippen LogP contribution in [0.2, 0.25) is 0 Å². The number of benzene rings is 1. The molecule has 0 bridgehead atoms. The normalized spacial score (nSPS) is 20.3. The van der Waals surface area contributed by atoms with Gasteiger partial charge in [-0.1, -0.05) is 24.1 Å². The van der Waals surface area contributed by atoms with Gasteiger partial charge in [0, 0.05) is 12.6 Å². The molecule has 1 atom stereocenters. The predicted molar refractivity (Wildman–Crippen MR) is 88.5 cm³/mol. The van der Waals surface area contributed by atoms with Crippen LogP contribution in [0.3, 0.4) is 0 Å². The molecule has 1 saturated heterocycles. The molecule has 1 aromatic rings. The van der Waals surface area contributed by atoms with Gasteiger partial charge in [0.2, 0.25) is 10.0 Å². The van der Waals surface area contributed by atoms with E-state index in [-0.39, 0.29) is 10.9 Å². The Morgan fingerprint density at radius 1 is 1.22 bits per heavy atom. The fraction of sp³-hybridized carbons (Fsp3) is 0.588. The van der Waals surface area contributed by atoms with E-state index in [0.717, 1.165) is 18.4 Å². The smallest absolute Gasteiger partial charge is 0.312 e. The molecule has 0 saturated carbocycles. The lowest BCUT2D eigenvalue weighted by molar-refractivity contribution is -0.154. The maximum Gasteiger partial charge on any atom is 0.312 e. The number of carbonyl (C=O) groups excluding carboxylic acids is 1. The van der Waals surface area contributed by atoms with Gasteiger partial charge in [-0.15, -0.1) is 0 Å². The van der Waals surface area contributed by atoms with Crippen molar-refractivity contribution >= 4 is 16.0 Å². The summed E-state index contributed by atoms with van der Waals surface area (Å²) in [5, 5.41) is 0. The van der Waals surface area contributed by atoms with Crippen LogP contribution in [0, 0.1) is 12.3 Å². The predicted octanol–water partition coefficient (Wildman–Crippen LogP) is 2.74. The molecular weight excluding hydrogens is 314 g/mol. The van der Waals surface area contributed by atoms with E-state index in [2.05, 4.69) is 0 Å². The summed E-state index contributed by atoms with van der Waals surface area (Å²) in [5.74, 6) is -0.381. The van der Waals surface area contributed by atoms with Crippen LogP contribution < -0.4 is 0 Å². The Morgan fingerprint density at radius 2 is 1.83 bits per heavy atom. The van der Waals surface area contributed by atoms with Gasteiger partial charge in [0.1, 0.15) is 0 Å². The highest BCUT2D eigenvalue weighted by atomic mass is 32.2. The maximum absolute atomic E-state index is 13.0. The topological polar surface area (TPSA) is 63.7 Å². The molecule has 0 N–H and O–H groups in total. The quantitative estimate of drug-likeness (QED) is 0.791. The molecule has 128 valence electrons. The van der Waals surface area contributed by atoms with E-state index < -0.39 is 21.5 Å². The van der Waals surface area contributed by atoms with E-state index in [1.807, 2.05) is 6.92 Å². The first-order valence-electron chi connectivity index (χ1n) is 7.88. The summed E-state index contributed by atoms with van der Waals surface area (Å²) < 4.78 is 32.5. The highest BCUT2D eigenvalue weighted by Gasteiger charge is 2.46. The zero-order chi connectivity index (χ0) is 17.3. The van der Waals surface area contributed by atoms with Crippen LogP contribution in [0.5, 0.6) is 0 Å². The number of hydrogen-bond donors (Lipinski definition) is 0. The Bertz CT molecular complexity index is 664. The Balaban J connectivity index is 2.41. The number of piperidine rings is 1. The van der Waals surface area contributed by atoms with E-state index in [1.54, 1.807) is 38.1 Å². The Labute approximate surface area is 138 Å². The molecule has 1 aliphatic heterocycles. The SMILES string of the molecule is COC(=O)C(C)(C)C1CCCCN1S(=O)(=O)c1ccc(C)cc1. The first-order valence-corrected chi connectivity index (χ1v) is 9.32. The molecule has 1 aromatic carbocycles. The summed E-state index contributed by atoms with van der Waals surface area (Å²) in [4.78, 5) is 12.4. The van der Waals surface area contributed by atoms with Crippen LogP contribution in [-0.2, 0) is 19.6 Å². The second kappa shape index (κ2) is 6.61. The molecule has 0 aromatic heterocycles. The third kappa shape index (κ3) is 3.43. The van der Waals surface area contributed by atoms with Crippen molar-refractivity contribution < 1.29 is 17.9 Å². The van der Waals surface area contributed by atoms with Crippen LogP contribution >= 0.6 is 0 Å². The first-order chi connectivity index (χ1) is 10.7. The second-order valence-corrected chi connectivity index (χ2v) is 8.54. The number of esters is 1. The average molecular weight is 339 g/mol. The average Bonchev–Trinajstić information content (AvgIpc) is 2.54. The van der Waals surface area contributed by atoms with Crippen molar-refractivity contribution in [3.8, 4) is 0 Å². The van der Waals surface area contributed by atoms with E-state index in [0.29, 0.717) is 13.0 Å². The van der Waals surface area contributed by atoms with Crippen molar-refractivity contribution in [3.05, 3.63) is 29.8 Å². The number of carbonyl (C=O) groups is 1. The largest absolute Gasteiger partial charge is 0.469 e. The van der Waals surface area contributed by atoms with Crippen molar-refractivity contribution in [2.45, 2.75) is 51.0 Å². The third-order valence-corrected chi connectivity index (χ3v) is 6.55. The van der Waals surface area contributed by atoms with E-state index in [1.165, 1.54) is 11.4 Å². The standard InChI is InChI=1S/C17H25NO4S/c1-13-8-10-14(11-9-13)23(20,21)18-12-6-5-7-15(18)17(2,3)16(19)22-4/h8-11,15H,5-7,12H2,1-4H3. The summed E-state index contributed by atoms with van der Waals surface area (Å²) in [5.41, 5.74) is 0.126. The molecule has 1 heterocycles. The minimum absolute atomic E-state index is 0.274. The summed E-state index contributed by atoms with van der Waals surface area (Å²) in [6.07, 6.45) is 2.37. The van der Waals surface area contributed by atoms with Gasteiger partial charge in [-0.2, -0.15) is 4.31 Å². The minimum atomic E-state index is -3.63. The monoisotopic (exact) mass is 339 g/mol. The molecule has 0 radical (unpaired) electrons. The zero-order valence-corrected chi connectivity index (χ0v) is 15.0. The van der Waals surface area contributed by atoms with Crippen LogP contribution in [0.15, 0.2) is 29.2 Å². The molecule has 6 heteroatoms. The lowest BCUT2D eigenvalue weighted by Gasteiger charge is -2.42. The van der Waals surface area contributed by atoms with Crippen molar-refractivity contribution in [2.24, 2.45) is 5.41 Å². The first kappa shape index (κ1) is 17.9. The van der Waals surface area contributed by atoms with Gasteiger partial charge in [-0.05, 0) is 45.7 Å². The number of methoxy groups -OCH3 is 1. The van der Waals surface area contributed by atoms with Gasteiger partial charge >= 0.3 is 5.97 Å². The summed E-state index contributed by atoms with van der Waals surface area (Å²) in [6, 6.07) is 6.44. The summed E-state index contributed by atoms with van der Waals surface area (Å²) in [6.45, 7) is 5.86. The van der Waals surface area contributed by atoms with Crippen molar-refractivity contribution in [1.29, 1.82) is 0 Å². The van der Waals surface area contributed by atoms with Gasteiger partial charge in [0.05, 0.1) is 17.4 Å².